The molecule has 0 N–H and O–H groups in total. The summed E-state index contributed by atoms with van der Waals surface area (Å²) >= 11 is 0. The van der Waals surface area contributed by atoms with Crippen LogP contribution in [0.2, 0.25) is 0 Å². The summed E-state index contributed by atoms with van der Waals surface area (Å²) < 4.78 is 29.2. The van der Waals surface area contributed by atoms with Gasteiger partial charge in [0.2, 0.25) is 6.54 Å². The molecular weight excluding hydrogens is 691 g/mol. The van der Waals surface area contributed by atoms with Crippen molar-refractivity contribution in [1.29, 1.82) is 0 Å². The maximum Gasteiger partial charge on any atom is 0.335 e. The number of esters is 1. The zero-order valence-electron chi connectivity index (χ0n) is 35.0. The Kier molecular flexibility index (Phi) is 21.7. The average molecular weight is 765 g/mol. The van der Waals surface area contributed by atoms with Gasteiger partial charge in [-0.05, 0) is 64.7 Å². The quantitative estimate of drug-likeness (QED) is 0.0398. The van der Waals surface area contributed by atoms with E-state index in [2.05, 4.69) is 71.8 Å². The van der Waals surface area contributed by atoms with E-state index in [-0.39, 0.29) is 49.8 Å². The Morgan fingerprint density at radius 3 is 2.04 bits per heavy atom. The second kappa shape index (κ2) is 24.4. The van der Waals surface area contributed by atoms with Crippen molar-refractivity contribution in [3.05, 3.63) is 44.0 Å². The molecular formula is C41H73N4O7P. The van der Waals surface area contributed by atoms with Gasteiger partial charge < -0.3 is 23.4 Å². The zero-order valence-corrected chi connectivity index (χ0v) is 35.9. The van der Waals surface area contributed by atoms with Crippen LogP contribution in [0.4, 0.5) is 0 Å². The molecule has 6 unspecified atom stereocenters. The highest BCUT2D eigenvalue weighted by Gasteiger charge is 2.41. The summed E-state index contributed by atoms with van der Waals surface area (Å²) in [4.78, 5) is 43.1. The van der Waals surface area contributed by atoms with E-state index in [4.69, 9.17) is 25.1 Å². The monoisotopic (exact) mass is 765 g/mol. The first-order valence-corrected chi connectivity index (χ1v) is 21.6. The third kappa shape index (κ3) is 16.3. The summed E-state index contributed by atoms with van der Waals surface area (Å²) in [6, 6.07) is 0.293. The van der Waals surface area contributed by atoms with E-state index in [1.165, 1.54) is 49.3 Å². The highest BCUT2D eigenvalue weighted by Crippen LogP contribution is 2.50. The molecule has 11 nitrogen and oxygen atoms in total. The van der Waals surface area contributed by atoms with E-state index < -0.39 is 38.7 Å². The van der Waals surface area contributed by atoms with Crippen LogP contribution in [0.1, 0.15) is 158 Å². The predicted molar refractivity (Wildman–Crippen MR) is 214 cm³/mol. The van der Waals surface area contributed by atoms with Crippen LogP contribution in [-0.4, -0.2) is 57.2 Å². The van der Waals surface area contributed by atoms with E-state index in [9.17, 15) is 14.4 Å². The van der Waals surface area contributed by atoms with Crippen LogP contribution in [0.5, 0.6) is 0 Å². The number of nitrogens with zero attached hydrogens (tertiary/aromatic N) is 4. The molecule has 1 fully saturated rings. The van der Waals surface area contributed by atoms with Crippen molar-refractivity contribution in [3.8, 4) is 0 Å². The van der Waals surface area contributed by atoms with Crippen molar-refractivity contribution >= 4 is 14.5 Å². The van der Waals surface area contributed by atoms with Crippen LogP contribution in [0, 0.1) is 37.2 Å². The molecule has 7 atom stereocenters. The minimum absolute atomic E-state index is 0.147. The molecule has 0 amide bonds. The number of hydrogen-bond acceptors (Lipinski definition) is 8. The van der Waals surface area contributed by atoms with E-state index in [0.29, 0.717) is 24.3 Å². The highest BCUT2D eigenvalue weighted by atomic mass is 31.2. The van der Waals surface area contributed by atoms with Gasteiger partial charge in [0, 0.05) is 36.7 Å². The van der Waals surface area contributed by atoms with E-state index in [1.54, 1.807) is 6.92 Å². The minimum Gasteiger partial charge on any atom is -0.444 e. The number of aryl methyl sites for hydroxylation is 1. The molecule has 1 aliphatic heterocycles. The first-order chi connectivity index (χ1) is 25.1. The summed E-state index contributed by atoms with van der Waals surface area (Å²) in [5.41, 5.74) is -0.743. The van der Waals surface area contributed by atoms with Crippen molar-refractivity contribution in [1.82, 2.24) is 13.8 Å². The van der Waals surface area contributed by atoms with Gasteiger partial charge in [-0.3, -0.25) is 14.2 Å². The third-order valence-electron chi connectivity index (χ3n) is 10.3. The molecule has 53 heavy (non-hydrogen) atoms. The van der Waals surface area contributed by atoms with Gasteiger partial charge in [-0.15, -0.1) is 0 Å². The Morgan fingerprint density at radius 1 is 0.943 bits per heavy atom. The van der Waals surface area contributed by atoms with Crippen LogP contribution in [0.25, 0.3) is 4.85 Å². The standard InChI is InChI=1S/C41H73N4O7P/c1-13-36-37(52-53(50-24-23-42-12)45(30(4)5)31(6)7)26-38(51-36)43-27-35(11)40(47)44(41(43)48)28-49-39(46)25-34(10)22-16-21-33(9)20-15-19-32(8)18-14-17-29(2)3/h27,29-34,36-38H,13-26,28H2,1-11H3/t32?,33?,34?,36?,37-,38?,53?/m1/s1. The fourth-order valence-electron chi connectivity index (χ4n) is 7.20. The van der Waals surface area contributed by atoms with E-state index in [0.717, 1.165) is 35.7 Å². The lowest BCUT2D eigenvalue weighted by Crippen LogP contribution is -2.43. The van der Waals surface area contributed by atoms with Gasteiger partial charge in [-0.1, -0.05) is 99.3 Å². The first kappa shape index (κ1) is 47.1. The molecule has 2 heterocycles. The number of hydrogen-bond donors (Lipinski definition) is 0. The van der Waals surface area contributed by atoms with Crippen molar-refractivity contribution in [2.45, 2.75) is 190 Å². The highest BCUT2D eigenvalue weighted by molar-refractivity contribution is 7.44. The van der Waals surface area contributed by atoms with Gasteiger partial charge in [0.25, 0.3) is 14.1 Å². The van der Waals surface area contributed by atoms with Crippen molar-refractivity contribution in [2.24, 2.45) is 23.7 Å². The Bertz CT molecular complexity index is 1370. The van der Waals surface area contributed by atoms with Gasteiger partial charge in [0.15, 0.2) is 6.73 Å². The molecule has 0 aromatic carbocycles. The Morgan fingerprint density at radius 2 is 1.51 bits per heavy atom. The van der Waals surface area contributed by atoms with Crippen LogP contribution >= 0.6 is 8.53 Å². The molecule has 1 aromatic rings. The van der Waals surface area contributed by atoms with Crippen LogP contribution in [-0.2, 0) is 30.0 Å². The average Bonchev–Trinajstić information content (AvgIpc) is 3.48. The van der Waals surface area contributed by atoms with Crippen LogP contribution < -0.4 is 11.2 Å². The molecule has 1 aliphatic rings. The molecule has 0 bridgehead atoms. The molecule has 1 saturated heterocycles. The van der Waals surface area contributed by atoms with E-state index in [1.807, 2.05) is 6.92 Å². The lowest BCUT2D eigenvalue weighted by atomic mass is 9.91. The summed E-state index contributed by atoms with van der Waals surface area (Å²) in [5.74, 6) is 1.99. The van der Waals surface area contributed by atoms with Crippen molar-refractivity contribution < 1.29 is 23.3 Å². The summed E-state index contributed by atoms with van der Waals surface area (Å²) in [5, 5.41) is 0. The second-order valence-electron chi connectivity index (χ2n) is 16.5. The van der Waals surface area contributed by atoms with Crippen molar-refractivity contribution in [2.75, 3.05) is 13.2 Å². The molecule has 0 saturated carbocycles. The molecule has 2 rings (SSSR count). The zero-order chi connectivity index (χ0) is 39.7. The lowest BCUT2D eigenvalue weighted by Gasteiger charge is -2.37. The maximum atomic E-state index is 13.7. The third-order valence-corrected chi connectivity index (χ3v) is 12.4. The number of aromatic nitrogens is 2. The summed E-state index contributed by atoms with van der Waals surface area (Å²) in [6.07, 6.45) is 12.4. The Hall–Kier alpha value is -2.09. The molecule has 0 radical (unpaired) electrons. The summed E-state index contributed by atoms with van der Waals surface area (Å²) in [7, 11) is -1.50. The number of rotatable bonds is 26. The van der Waals surface area contributed by atoms with Gasteiger partial charge in [-0.2, -0.15) is 0 Å². The van der Waals surface area contributed by atoms with Crippen LogP contribution in [0.3, 0.4) is 0 Å². The van der Waals surface area contributed by atoms with Crippen LogP contribution in [0.15, 0.2) is 15.8 Å². The Labute approximate surface area is 322 Å². The van der Waals surface area contributed by atoms with Crippen molar-refractivity contribution in [3.63, 3.8) is 0 Å². The largest absolute Gasteiger partial charge is 0.444 e. The SMILES string of the molecule is [C-]#[N+]CCOP(O[C@@H]1CC(n2cc(C)c(=O)n(COC(=O)CC(C)CCCC(C)CCCC(C)CCCC(C)C)c2=O)OC1CC)N(C(C)C)C(C)C. The molecule has 12 heteroatoms. The molecule has 0 spiro atoms. The summed E-state index contributed by atoms with van der Waals surface area (Å²) in [6.45, 7) is 30.6. The minimum atomic E-state index is -1.50. The second-order valence-corrected chi connectivity index (χ2v) is 17.9. The molecule has 1 aromatic heterocycles. The number of carbonyl (C=O) groups is 1. The van der Waals surface area contributed by atoms with Gasteiger partial charge in [0.05, 0.1) is 12.2 Å². The topological polar surface area (TPSA) is 106 Å². The van der Waals surface area contributed by atoms with Gasteiger partial charge in [0.1, 0.15) is 12.8 Å². The molecule has 0 aliphatic carbocycles. The molecule has 304 valence electrons. The van der Waals surface area contributed by atoms with E-state index >= 15 is 0 Å². The van der Waals surface area contributed by atoms with Gasteiger partial charge in [-0.25, -0.2) is 20.6 Å². The predicted octanol–water partition coefficient (Wildman–Crippen LogP) is 9.65. The smallest absolute Gasteiger partial charge is 0.335 e. The Balaban J connectivity index is 1.96. The fourth-order valence-corrected chi connectivity index (χ4v) is 8.95. The maximum absolute atomic E-state index is 13.7. The number of carbonyl (C=O) groups excluding carboxylic acids is 1. The normalized spacial score (nSPS) is 19.9. The fraction of sp³-hybridized carbons (Fsp3) is 0.854. The number of ether oxygens (including phenoxy) is 2. The lowest BCUT2D eigenvalue weighted by molar-refractivity contribution is -0.148. The van der Waals surface area contributed by atoms with Gasteiger partial charge >= 0.3 is 11.7 Å². The first-order valence-electron chi connectivity index (χ1n) is 20.4.